The molecule has 0 radical (unpaired) electrons. The lowest BCUT2D eigenvalue weighted by Gasteiger charge is -2.30. The SMILES string of the molecule is CCNC(Cc1nc(C)no1)C(C)(C)C. The topological polar surface area (TPSA) is 51.0 Å². The van der Waals surface area contributed by atoms with Crippen LogP contribution in [0.15, 0.2) is 4.52 Å². The molecule has 4 heteroatoms. The van der Waals surface area contributed by atoms with Crippen LogP contribution in [0.25, 0.3) is 0 Å². The highest BCUT2D eigenvalue weighted by molar-refractivity contribution is 4.91. The Morgan fingerprint density at radius 1 is 1.40 bits per heavy atom. The fourth-order valence-electron chi connectivity index (χ4n) is 1.53. The molecule has 86 valence electrons. The first kappa shape index (κ1) is 12.2. The lowest BCUT2D eigenvalue weighted by Crippen LogP contribution is -2.41. The summed E-state index contributed by atoms with van der Waals surface area (Å²) in [6, 6.07) is 0.363. The summed E-state index contributed by atoms with van der Waals surface area (Å²) in [6.07, 6.45) is 0.790. The number of aryl methyl sites for hydroxylation is 1. The number of likely N-dealkylation sites (N-methyl/N-ethyl adjacent to an activating group) is 1. The minimum absolute atomic E-state index is 0.193. The van der Waals surface area contributed by atoms with E-state index in [2.05, 4.69) is 43.2 Å². The van der Waals surface area contributed by atoms with E-state index in [1.54, 1.807) is 0 Å². The molecule has 1 N–H and O–H groups in total. The van der Waals surface area contributed by atoms with Crippen LogP contribution in [-0.4, -0.2) is 22.7 Å². The predicted molar refractivity (Wildman–Crippen MR) is 59.7 cm³/mol. The Hall–Kier alpha value is -0.900. The van der Waals surface area contributed by atoms with Crippen LogP contribution in [0.4, 0.5) is 0 Å². The largest absolute Gasteiger partial charge is 0.339 e. The van der Waals surface area contributed by atoms with Crippen LogP contribution in [0, 0.1) is 12.3 Å². The van der Waals surface area contributed by atoms with Gasteiger partial charge in [-0.25, -0.2) is 0 Å². The van der Waals surface area contributed by atoms with Gasteiger partial charge in [-0.15, -0.1) is 0 Å². The Labute approximate surface area is 91.5 Å². The molecule has 0 saturated heterocycles. The average Bonchev–Trinajstić information content (AvgIpc) is 2.49. The molecular weight excluding hydrogens is 190 g/mol. The number of rotatable bonds is 4. The van der Waals surface area contributed by atoms with E-state index in [-0.39, 0.29) is 5.41 Å². The summed E-state index contributed by atoms with van der Waals surface area (Å²) in [7, 11) is 0. The van der Waals surface area contributed by atoms with Crippen molar-refractivity contribution in [1.29, 1.82) is 0 Å². The van der Waals surface area contributed by atoms with E-state index in [9.17, 15) is 0 Å². The molecule has 0 fully saturated rings. The van der Waals surface area contributed by atoms with Crippen LogP contribution >= 0.6 is 0 Å². The molecule has 1 heterocycles. The van der Waals surface area contributed by atoms with Gasteiger partial charge in [-0.05, 0) is 18.9 Å². The first-order valence-electron chi connectivity index (χ1n) is 5.46. The number of hydrogen-bond acceptors (Lipinski definition) is 4. The third-order valence-corrected chi connectivity index (χ3v) is 2.44. The quantitative estimate of drug-likeness (QED) is 0.827. The highest BCUT2D eigenvalue weighted by Crippen LogP contribution is 2.22. The van der Waals surface area contributed by atoms with Gasteiger partial charge in [0.2, 0.25) is 5.89 Å². The van der Waals surface area contributed by atoms with Crippen molar-refractivity contribution in [3.05, 3.63) is 11.7 Å². The summed E-state index contributed by atoms with van der Waals surface area (Å²) in [5.41, 5.74) is 0.193. The van der Waals surface area contributed by atoms with Gasteiger partial charge in [0, 0.05) is 12.5 Å². The van der Waals surface area contributed by atoms with E-state index >= 15 is 0 Å². The third-order valence-electron chi connectivity index (χ3n) is 2.44. The summed E-state index contributed by atoms with van der Waals surface area (Å²) in [6.45, 7) is 11.5. The van der Waals surface area contributed by atoms with E-state index in [0.29, 0.717) is 17.8 Å². The molecule has 0 aliphatic rings. The maximum Gasteiger partial charge on any atom is 0.228 e. The van der Waals surface area contributed by atoms with Gasteiger partial charge >= 0.3 is 0 Å². The summed E-state index contributed by atoms with van der Waals surface area (Å²) in [5.74, 6) is 1.42. The van der Waals surface area contributed by atoms with Crippen LogP contribution in [0.1, 0.15) is 39.4 Å². The second kappa shape index (κ2) is 4.75. The standard InChI is InChI=1S/C11H21N3O/c1-6-12-9(11(3,4)5)7-10-13-8(2)14-15-10/h9,12H,6-7H2,1-5H3. The number of nitrogens with one attached hydrogen (secondary N) is 1. The monoisotopic (exact) mass is 211 g/mol. The number of hydrogen-bond donors (Lipinski definition) is 1. The Morgan fingerprint density at radius 3 is 2.47 bits per heavy atom. The molecule has 0 amide bonds. The van der Waals surface area contributed by atoms with Crippen molar-refractivity contribution < 1.29 is 4.52 Å². The van der Waals surface area contributed by atoms with E-state index < -0.39 is 0 Å². The van der Waals surface area contributed by atoms with Gasteiger partial charge in [0.1, 0.15) is 0 Å². The average molecular weight is 211 g/mol. The van der Waals surface area contributed by atoms with Gasteiger partial charge in [-0.2, -0.15) is 4.98 Å². The summed E-state index contributed by atoms with van der Waals surface area (Å²) in [4.78, 5) is 4.23. The van der Waals surface area contributed by atoms with E-state index in [1.165, 1.54) is 0 Å². The Balaban J connectivity index is 2.66. The van der Waals surface area contributed by atoms with Gasteiger partial charge in [-0.1, -0.05) is 32.9 Å². The molecule has 0 spiro atoms. The summed E-state index contributed by atoms with van der Waals surface area (Å²) < 4.78 is 5.14. The minimum Gasteiger partial charge on any atom is -0.339 e. The van der Waals surface area contributed by atoms with Gasteiger partial charge in [0.15, 0.2) is 5.82 Å². The molecule has 1 aromatic heterocycles. The molecule has 0 aliphatic carbocycles. The highest BCUT2D eigenvalue weighted by atomic mass is 16.5. The molecule has 1 aromatic rings. The van der Waals surface area contributed by atoms with Crippen molar-refractivity contribution >= 4 is 0 Å². The second-order valence-electron chi connectivity index (χ2n) is 4.92. The van der Waals surface area contributed by atoms with E-state index in [4.69, 9.17) is 4.52 Å². The molecule has 15 heavy (non-hydrogen) atoms. The molecule has 1 atom stereocenters. The zero-order chi connectivity index (χ0) is 11.5. The van der Waals surface area contributed by atoms with Crippen molar-refractivity contribution in [1.82, 2.24) is 15.5 Å². The van der Waals surface area contributed by atoms with Crippen molar-refractivity contribution in [3.63, 3.8) is 0 Å². The molecule has 0 aliphatic heterocycles. The smallest absolute Gasteiger partial charge is 0.228 e. The van der Waals surface area contributed by atoms with E-state index in [1.807, 2.05) is 6.92 Å². The van der Waals surface area contributed by atoms with Gasteiger partial charge in [0.25, 0.3) is 0 Å². The Morgan fingerprint density at radius 2 is 2.07 bits per heavy atom. The lowest BCUT2D eigenvalue weighted by molar-refractivity contribution is 0.247. The van der Waals surface area contributed by atoms with Gasteiger partial charge in [0.05, 0.1) is 0 Å². The van der Waals surface area contributed by atoms with Crippen LogP contribution in [0.5, 0.6) is 0 Å². The van der Waals surface area contributed by atoms with Crippen LogP contribution in [0.3, 0.4) is 0 Å². The summed E-state index contributed by atoms with van der Waals surface area (Å²) in [5, 5.41) is 7.25. The number of nitrogens with zero attached hydrogens (tertiary/aromatic N) is 2. The minimum atomic E-state index is 0.193. The normalized spacial score (nSPS) is 14.2. The molecule has 0 saturated carbocycles. The highest BCUT2D eigenvalue weighted by Gasteiger charge is 2.25. The van der Waals surface area contributed by atoms with Gasteiger partial charge < -0.3 is 9.84 Å². The van der Waals surface area contributed by atoms with Crippen molar-refractivity contribution in [3.8, 4) is 0 Å². The molecule has 1 rings (SSSR count). The lowest BCUT2D eigenvalue weighted by atomic mass is 9.84. The molecule has 0 bridgehead atoms. The maximum atomic E-state index is 5.14. The van der Waals surface area contributed by atoms with Crippen LogP contribution in [-0.2, 0) is 6.42 Å². The predicted octanol–water partition coefficient (Wildman–Crippen LogP) is 1.94. The van der Waals surface area contributed by atoms with Gasteiger partial charge in [-0.3, -0.25) is 0 Å². The number of aromatic nitrogens is 2. The fraction of sp³-hybridized carbons (Fsp3) is 0.818. The van der Waals surface area contributed by atoms with Crippen molar-refractivity contribution in [2.75, 3.05) is 6.54 Å². The zero-order valence-corrected chi connectivity index (χ0v) is 10.3. The second-order valence-corrected chi connectivity index (χ2v) is 4.92. The fourth-order valence-corrected chi connectivity index (χ4v) is 1.53. The molecule has 0 aromatic carbocycles. The zero-order valence-electron chi connectivity index (χ0n) is 10.3. The third kappa shape index (κ3) is 3.63. The molecule has 4 nitrogen and oxygen atoms in total. The van der Waals surface area contributed by atoms with Crippen molar-refractivity contribution in [2.45, 2.75) is 47.1 Å². The Bertz CT molecular complexity index is 301. The summed E-state index contributed by atoms with van der Waals surface area (Å²) >= 11 is 0. The van der Waals surface area contributed by atoms with E-state index in [0.717, 1.165) is 13.0 Å². The Kier molecular flexibility index (Phi) is 3.85. The molecular formula is C11H21N3O. The van der Waals surface area contributed by atoms with Crippen LogP contribution in [0.2, 0.25) is 0 Å². The molecule has 1 unspecified atom stereocenters. The maximum absolute atomic E-state index is 5.14. The van der Waals surface area contributed by atoms with Crippen LogP contribution < -0.4 is 5.32 Å². The first-order valence-corrected chi connectivity index (χ1v) is 5.46. The van der Waals surface area contributed by atoms with Crippen molar-refractivity contribution in [2.24, 2.45) is 5.41 Å². The first-order chi connectivity index (χ1) is 6.93.